The van der Waals surface area contributed by atoms with Crippen LogP contribution in [0.25, 0.3) is 11.0 Å². The number of nitrogens with zero attached hydrogens (tertiary/aromatic N) is 4. The van der Waals surface area contributed by atoms with Crippen LogP contribution in [0.15, 0.2) is 79.1 Å². The monoisotopic (exact) mass is 485 g/mol. The van der Waals surface area contributed by atoms with Gasteiger partial charge in [-0.3, -0.25) is 19.7 Å². The van der Waals surface area contributed by atoms with Gasteiger partial charge in [0.05, 0.1) is 11.0 Å². The van der Waals surface area contributed by atoms with Crippen LogP contribution in [0.1, 0.15) is 28.8 Å². The van der Waals surface area contributed by atoms with Crippen LogP contribution in [0.5, 0.6) is 0 Å². The number of aromatic nitrogens is 2. The van der Waals surface area contributed by atoms with Crippen LogP contribution in [0, 0.1) is 0 Å². The van der Waals surface area contributed by atoms with Crippen molar-refractivity contribution in [2.75, 3.05) is 30.4 Å². The zero-order valence-electron chi connectivity index (χ0n) is 19.7. The number of halogens is 1. The van der Waals surface area contributed by atoms with Crippen LogP contribution in [0.3, 0.4) is 0 Å². The van der Waals surface area contributed by atoms with Gasteiger partial charge in [0, 0.05) is 60.0 Å². The number of nitrogens with one attached hydrogen (secondary N) is 1. The second-order valence-corrected chi connectivity index (χ2v) is 9.46. The Hall–Kier alpha value is -3.48. The molecule has 0 atom stereocenters. The summed E-state index contributed by atoms with van der Waals surface area (Å²) in [6.45, 7) is 2.91. The fourth-order valence-corrected chi connectivity index (χ4v) is 4.87. The summed E-state index contributed by atoms with van der Waals surface area (Å²) in [6.07, 6.45) is 5.69. The van der Waals surface area contributed by atoms with Gasteiger partial charge in [0.2, 0.25) is 0 Å². The quantitative estimate of drug-likeness (QED) is 0.383. The third-order valence-electron chi connectivity index (χ3n) is 6.63. The molecule has 5 rings (SSSR count). The van der Waals surface area contributed by atoms with E-state index < -0.39 is 0 Å². The largest absolute Gasteiger partial charge is 0.371 e. The maximum atomic E-state index is 12.5. The maximum Gasteiger partial charge on any atom is 0.255 e. The van der Waals surface area contributed by atoms with Crippen molar-refractivity contribution < 1.29 is 4.79 Å². The van der Waals surface area contributed by atoms with Gasteiger partial charge in [-0.2, -0.15) is 0 Å². The number of fused-ring (bicyclic) bond motifs is 1. The number of hydrogen-bond donors (Lipinski definition) is 1. The second-order valence-electron chi connectivity index (χ2n) is 9.02. The lowest BCUT2D eigenvalue weighted by Gasteiger charge is -2.38. The fourth-order valence-electron chi connectivity index (χ4n) is 4.68. The first kappa shape index (κ1) is 23.3. The van der Waals surface area contributed by atoms with Crippen molar-refractivity contribution in [1.82, 2.24) is 14.9 Å². The molecule has 0 bridgehead atoms. The Labute approximate surface area is 210 Å². The SMILES string of the molecule is CN(Cc1ccc2nccnc2c1)C1CCN(c2ccc(NC(=O)c3cccc(Cl)c3)cc2)CC1. The predicted molar refractivity (Wildman–Crippen MR) is 142 cm³/mol. The Balaban J connectivity index is 1.14. The predicted octanol–water partition coefficient (Wildman–Crippen LogP) is 5.64. The minimum absolute atomic E-state index is 0.164. The highest BCUT2D eigenvalue weighted by Gasteiger charge is 2.23. The van der Waals surface area contributed by atoms with Crippen molar-refractivity contribution >= 4 is 39.9 Å². The highest BCUT2D eigenvalue weighted by Crippen LogP contribution is 2.25. The van der Waals surface area contributed by atoms with Gasteiger partial charge in [0.1, 0.15) is 0 Å². The summed E-state index contributed by atoms with van der Waals surface area (Å²) in [5, 5.41) is 3.49. The molecule has 7 heteroatoms. The van der Waals surface area contributed by atoms with Gasteiger partial charge < -0.3 is 10.2 Å². The molecule has 178 valence electrons. The molecule has 3 aromatic carbocycles. The number of benzene rings is 3. The van der Waals surface area contributed by atoms with Crippen LogP contribution in [0.4, 0.5) is 11.4 Å². The van der Waals surface area contributed by atoms with Gasteiger partial charge in [-0.1, -0.05) is 23.7 Å². The first-order valence-electron chi connectivity index (χ1n) is 11.9. The Kier molecular flexibility index (Phi) is 6.93. The van der Waals surface area contributed by atoms with Gasteiger partial charge >= 0.3 is 0 Å². The normalized spacial score (nSPS) is 14.4. The highest BCUT2D eigenvalue weighted by molar-refractivity contribution is 6.31. The smallest absolute Gasteiger partial charge is 0.255 e. The first-order chi connectivity index (χ1) is 17.0. The summed E-state index contributed by atoms with van der Waals surface area (Å²) in [4.78, 5) is 26.1. The Bertz CT molecular complexity index is 1320. The molecule has 0 radical (unpaired) electrons. The zero-order valence-corrected chi connectivity index (χ0v) is 20.4. The van der Waals surface area contributed by atoms with Crippen molar-refractivity contribution in [2.24, 2.45) is 0 Å². The lowest BCUT2D eigenvalue weighted by Crippen LogP contribution is -2.43. The van der Waals surface area contributed by atoms with E-state index in [0.29, 0.717) is 16.6 Å². The Morgan fingerprint density at radius 1 is 1.00 bits per heavy atom. The third kappa shape index (κ3) is 5.61. The van der Waals surface area contributed by atoms with Crippen molar-refractivity contribution in [3.8, 4) is 0 Å². The molecule has 1 aliphatic rings. The Morgan fingerprint density at radius 2 is 1.74 bits per heavy atom. The molecule has 2 heterocycles. The number of anilines is 2. The average molecular weight is 486 g/mol. The van der Waals surface area contributed by atoms with Gasteiger partial charge in [-0.25, -0.2) is 0 Å². The molecule has 35 heavy (non-hydrogen) atoms. The van der Waals surface area contributed by atoms with Crippen LogP contribution >= 0.6 is 11.6 Å². The van der Waals surface area contributed by atoms with E-state index in [1.807, 2.05) is 12.1 Å². The topological polar surface area (TPSA) is 61.4 Å². The molecule has 6 nitrogen and oxygen atoms in total. The van der Waals surface area contributed by atoms with Crippen LogP contribution < -0.4 is 10.2 Å². The summed E-state index contributed by atoms with van der Waals surface area (Å²) in [7, 11) is 2.21. The molecule has 1 saturated heterocycles. The average Bonchev–Trinajstić information content (AvgIpc) is 2.89. The molecule has 1 amide bonds. The van der Waals surface area contributed by atoms with E-state index in [9.17, 15) is 4.79 Å². The van der Waals surface area contributed by atoms with Gasteiger partial charge in [-0.15, -0.1) is 0 Å². The summed E-state index contributed by atoms with van der Waals surface area (Å²) < 4.78 is 0. The van der Waals surface area contributed by atoms with E-state index in [1.54, 1.807) is 36.7 Å². The molecular formula is C28H28ClN5O. The molecule has 0 aliphatic carbocycles. The highest BCUT2D eigenvalue weighted by atomic mass is 35.5. The number of rotatable bonds is 6. The Morgan fingerprint density at radius 3 is 2.49 bits per heavy atom. The lowest BCUT2D eigenvalue weighted by atomic mass is 10.0. The van der Waals surface area contributed by atoms with E-state index in [-0.39, 0.29) is 5.91 Å². The summed E-state index contributed by atoms with van der Waals surface area (Å²) in [6, 6.07) is 21.9. The van der Waals surface area contributed by atoms with Crippen molar-refractivity contribution in [1.29, 1.82) is 0 Å². The number of carbonyl (C=O) groups excluding carboxylic acids is 1. The van der Waals surface area contributed by atoms with E-state index >= 15 is 0 Å². The maximum absolute atomic E-state index is 12.5. The number of carbonyl (C=O) groups is 1. The molecule has 0 spiro atoms. The fraction of sp³-hybridized carbons (Fsp3) is 0.250. The third-order valence-corrected chi connectivity index (χ3v) is 6.87. The van der Waals surface area contributed by atoms with Crippen molar-refractivity contribution in [2.45, 2.75) is 25.4 Å². The van der Waals surface area contributed by atoms with E-state index in [0.717, 1.165) is 49.2 Å². The first-order valence-corrected chi connectivity index (χ1v) is 12.2. The second kappa shape index (κ2) is 10.4. The molecule has 4 aromatic rings. The number of amides is 1. The molecule has 0 unspecified atom stereocenters. The minimum Gasteiger partial charge on any atom is -0.371 e. The van der Waals surface area contributed by atoms with E-state index in [1.165, 1.54) is 11.3 Å². The van der Waals surface area contributed by atoms with Crippen LogP contribution in [-0.2, 0) is 6.54 Å². The summed E-state index contributed by atoms with van der Waals surface area (Å²) in [5.41, 5.74) is 5.64. The molecule has 1 fully saturated rings. The van der Waals surface area contributed by atoms with Crippen LogP contribution in [-0.4, -0.2) is 47.0 Å². The zero-order chi connectivity index (χ0) is 24.2. The van der Waals surface area contributed by atoms with Crippen molar-refractivity contribution in [3.63, 3.8) is 0 Å². The molecule has 1 aromatic heterocycles. The number of hydrogen-bond acceptors (Lipinski definition) is 5. The lowest BCUT2D eigenvalue weighted by molar-refractivity contribution is 0.102. The molecule has 0 saturated carbocycles. The van der Waals surface area contributed by atoms with E-state index in [2.05, 4.69) is 62.5 Å². The molecular weight excluding hydrogens is 458 g/mol. The van der Waals surface area contributed by atoms with Crippen molar-refractivity contribution in [3.05, 3.63) is 95.3 Å². The minimum atomic E-state index is -0.164. The molecule has 1 aliphatic heterocycles. The van der Waals surface area contributed by atoms with E-state index in [4.69, 9.17) is 11.6 Å². The number of piperidine rings is 1. The molecule has 1 N–H and O–H groups in total. The van der Waals surface area contributed by atoms with Gasteiger partial charge in [0.25, 0.3) is 5.91 Å². The summed E-state index contributed by atoms with van der Waals surface area (Å²) >= 11 is 6.00. The van der Waals surface area contributed by atoms with Crippen LogP contribution in [0.2, 0.25) is 5.02 Å². The standard InChI is InChI=1S/C28H28ClN5O/c1-33(19-20-5-10-26-27(17-20)31-14-13-30-26)24-11-15-34(16-12-24)25-8-6-23(7-9-25)32-28(35)21-3-2-4-22(29)18-21/h2-10,13-14,17-18,24H,11-12,15-16,19H2,1H3,(H,32,35). The van der Waals surface area contributed by atoms with Gasteiger partial charge in [-0.05, 0) is 80.1 Å². The summed E-state index contributed by atoms with van der Waals surface area (Å²) in [5.74, 6) is -0.164. The van der Waals surface area contributed by atoms with Gasteiger partial charge in [0.15, 0.2) is 0 Å².